The first-order chi connectivity index (χ1) is 8.70. The Morgan fingerprint density at radius 2 is 2.28 bits per heavy atom. The molecule has 0 amide bonds. The molecular formula is C13H21N3O2. The van der Waals surface area contributed by atoms with Gasteiger partial charge >= 0.3 is 0 Å². The third-order valence-electron chi connectivity index (χ3n) is 3.46. The molecule has 1 aliphatic rings. The smallest absolute Gasteiger partial charge is 0.250 e. The molecule has 100 valence electrons. The van der Waals surface area contributed by atoms with Gasteiger partial charge in [0.25, 0.3) is 5.56 Å². The second kappa shape index (κ2) is 6.02. The lowest BCUT2D eigenvalue weighted by molar-refractivity contribution is -0.00999. The van der Waals surface area contributed by atoms with E-state index in [2.05, 4.69) is 11.8 Å². The minimum absolute atomic E-state index is 0.00510. The van der Waals surface area contributed by atoms with E-state index in [-0.39, 0.29) is 5.56 Å². The Morgan fingerprint density at radius 3 is 3.06 bits per heavy atom. The fraction of sp³-hybridized carbons (Fsp3) is 0.615. The van der Waals surface area contributed by atoms with Crippen molar-refractivity contribution >= 4 is 5.69 Å². The molecule has 1 saturated heterocycles. The van der Waals surface area contributed by atoms with E-state index in [0.717, 1.165) is 32.7 Å². The lowest BCUT2D eigenvalue weighted by Crippen LogP contribution is -2.46. The number of nitrogens with zero attached hydrogens (tertiary/aromatic N) is 2. The molecule has 2 N–H and O–H groups in total. The van der Waals surface area contributed by atoms with Gasteiger partial charge in [-0.2, -0.15) is 0 Å². The molecule has 0 aliphatic carbocycles. The van der Waals surface area contributed by atoms with Crippen LogP contribution in [0.5, 0.6) is 0 Å². The maximum atomic E-state index is 11.7. The average Bonchev–Trinajstić information content (AvgIpc) is 2.40. The van der Waals surface area contributed by atoms with Crippen LogP contribution < -0.4 is 11.3 Å². The van der Waals surface area contributed by atoms with Crippen molar-refractivity contribution in [3.63, 3.8) is 0 Å². The summed E-state index contributed by atoms with van der Waals surface area (Å²) in [6.45, 7) is 6.23. The number of ether oxygens (including phenoxy) is 1. The highest BCUT2D eigenvalue weighted by molar-refractivity contribution is 5.33. The largest absolute Gasteiger partial charge is 0.398 e. The molecule has 1 unspecified atom stereocenters. The molecule has 0 bridgehead atoms. The van der Waals surface area contributed by atoms with E-state index in [0.29, 0.717) is 18.3 Å². The zero-order valence-corrected chi connectivity index (χ0v) is 10.8. The number of morpholine rings is 1. The topological polar surface area (TPSA) is 60.5 Å². The molecule has 1 aliphatic heterocycles. The molecule has 1 fully saturated rings. The first kappa shape index (κ1) is 13.1. The van der Waals surface area contributed by atoms with Crippen LogP contribution in [-0.2, 0) is 11.3 Å². The van der Waals surface area contributed by atoms with Gasteiger partial charge in [0.05, 0.1) is 13.2 Å². The first-order valence-electron chi connectivity index (χ1n) is 6.48. The van der Waals surface area contributed by atoms with Gasteiger partial charge in [-0.1, -0.05) is 6.92 Å². The second-order valence-electron chi connectivity index (χ2n) is 4.67. The molecule has 5 heteroatoms. The van der Waals surface area contributed by atoms with Crippen molar-refractivity contribution in [1.29, 1.82) is 0 Å². The summed E-state index contributed by atoms with van der Waals surface area (Å²) in [7, 11) is 0. The highest BCUT2D eigenvalue weighted by atomic mass is 16.5. The summed E-state index contributed by atoms with van der Waals surface area (Å²) in [6.07, 6.45) is 2.79. The van der Waals surface area contributed by atoms with E-state index in [1.165, 1.54) is 6.07 Å². The summed E-state index contributed by atoms with van der Waals surface area (Å²) in [4.78, 5) is 14.0. The van der Waals surface area contributed by atoms with E-state index in [9.17, 15) is 4.79 Å². The van der Waals surface area contributed by atoms with Crippen LogP contribution in [-0.4, -0.2) is 41.8 Å². The number of aromatic nitrogens is 1. The van der Waals surface area contributed by atoms with Crippen molar-refractivity contribution in [2.75, 3.05) is 32.0 Å². The summed E-state index contributed by atoms with van der Waals surface area (Å²) in [6, 6.07) is 3.63. The van der Waals surface area contributed by atoms with Gasteiger partial charge in [-0.25, -0.2) is 0 Å². The molecule has 5 nitrogen and oxygen atoms in total. The van der Waals surface area contributed by atoms with Gasteiger partial charge in [0, 0.05) is 43.6 Å². The minimum atomic E-state index is 0.00510. The maximum Gasteiger partial charge on any atom is 0.250 e. The van der Waals surface area contributed by atoms with Crippen molar-refractivity contribution in [2.24, 2.45) is 0 Å². The van der Waals surface area contributed by atoms with Crippen LogP contribution in [0, 0.1) is 0 Å². The number of nitrogen functional groups attached to an aromatic ring is 1. The lowest BCUT2D eigenvalue weighted by Gasteiger charge is -2.35. The van der Waals surface area contributed by atoms with Gasteiger partial charge < -0.3 is 15.0 Å². The molecular weight excluding hydrogens is 230 g/mol. The molecule has 1 aromatic heterocycles. The van der Waals surface area contributed by atoms with E-state index < -0.39 is 0 Å². The number of pyridine rings is 1. The predicted octanol–water partition coefficient (Wildman–Crippen LogP) is 0.541. The highest BCUT2D eigenvalue weighted by Gasteiger charge is 2.20. The molecule has 0 radical (unpaired) electrons. The SMILES string of the molecule is CCC1COCCN1CCn1cc(N)ccc1=O. The third-order valence-corrected chi connectivity index (χ3v) is 3.46. The first-order valence-corrected chi connectivity index (χ1v) is 6.48. The monoisotopic (exact) mass is 251 g/mol. The molecule has 2 rings (SSSR count). The predicted molar refractivity (Wildman–Crippen MR) is 71.6 cm³/mol. The Kier molecular flexibility index (Phi) is 4.38. The zero-order chi connectivity index (χ0) is 13.0. The van der Waals surface area contributed by atoms with Crippen molar-refractivity contribution in [1.82, 2.24) is 9.47 Å². The summed E-state index contributed by atoms with van der Waals surface area (Å²) in [5.74, 6) is 0. The normalized spacial score (nSPS) is 21.1. The number of nitrogens with two attached hydrogens (primary N) is 1. The van der Waals surface area contributed by atoms with Crippen LogP contribution in [0.15, 0.2) is 23.1 Å². The van der Waals surface area contributed by atoms with Crippen LogP contribution in [0.3, 0.4) is 0 Å². The van der Waals surface area contributed by atoms with Crippen molar-refractivity contribution in [3.05, 3.63) is 28.7 Å². The molecule has 0 aromatic carbocycles. The van der Waals surface area contributed by atoms with Gasteiger partial charge in [-0.05, 0) is 12.5 Å². The van der Waals surface area contributed by atoms with Gasteiger partial charge in [0.15, 0.2) is 0 Å². The molecule has 18 heavy (non-hydrogen) atoms. The molecule has 2 heterocycles. The Morgan fingerprint density at radius 1 is 1.44 bits per heavy atom. The van der Waals surface area contributed by atoms with Crippen LogP contribution in [0.4, 0.5) is 5.69 Å². The maximum absolute atomic E-state index is 11.7. The average molecular weight is 251 g/mol. The van der Waals surface area contributed by atoms with Gasteiger partial charge in [-0.3, -0.25) is 9.69 Å². The summed E-state index contributed by atoms with van der Waals surface area (Å²) in [5.41, 5.74) is 6.33. The number of hydrogen-bond acceptors (Lipinski definition) is 4. The molecule has 0 saturated carbocycles. The summed E-state index contributed by atoms with van der Waals surface area (Å²) < 4.78 is 7.15. The van der Waals surface area contributed by atoms with E-state index in [4.69, 9.17) is 10.5 Å². The Bertz CT molecular complexity index is 444. The molecule has 1 atom stereocenters. The Balaban J connectivity index is 1.97. The zero-order valence-electron chi connectivity index (χ0n) is 10.8. The van der Waals surface area contributed by atoms with Gasteiger partial charge in [-0.15, -0.1) is 0 Å². The third kappa shape index (κ3) is 3.11. The van der Waals surface area contributed by atoms with E-state index in [1.54, 1.807) is 16.8 Å². The van der Waals surface area contributed by atoms with E-state index >= 15 is 0 Å². The quantitative estimate of drug-likeness (QED) is 0.848. The van der Waals surface area contributed by atoms with Crippen LogP contribution in [0.2, 0.25) is 0 Å². The molecule has 1 aromatic rings. The van der Waals surface area contributed by atoms with Crippen molar-refractivity contribution in [2.45, 2.75) is 25.9 Å². The molecule has 0 spiro atoms. The number of rotatable bonds is 4. The van der Waals surface area contributed by atoms with E-state index in [1.807, 2.05) is 0 Å². The highest BCUT2D eigenvalue weighted by Crippen LogP contribution is 2.10. The summed E-state index contributed by atoms with van der Waals surface area (Å²) in [5, 5.41) is 0. The fourth-order valence-corrected chi connectivity index (χ4v) is 2.32. The van der Waals surface area contributed by atoms with Crippen LogP contribution in [0.1, 0.15) is 13.3 Å². The van der Waals surface area contributed by atoms with Crippen molar-refractivity contribution < 1.29 is 4.74 Å². The number of hydrogen-bond donors (Lipinski definition) is 1. The minimum Gasteiger partial charge on any atom is -0.398 e. The number of anilines is 1. The van der Waals surface area contributed by atoms with Gasteiger partial charge in [0.1, 0.15) is 0 Å². The Hall–Kier alpha value is -1.33. The van der Waals surface area contributed by atoms with Crippen molar-refractivity contribution in [3.8, 4) is 0 Å². The summed E-state index contributed by atoms with van der Waals surface area (Å²) >= 11 is 0. The van der Waals surface area contributed by atoms with Gasteiger partial charge in [0.2, 0.25) is 0 Å². The Labute approximate surface area is 107 Å². The fourth-order valence-electron chi connectivity index (χ4n) is 2.32. The van der Waals surface area contributed by atoms with Crippen LogP contribution in [0.25, 0.3) is 0 Å². The standard InChI is InChI=1S/C13H21N3O2/c1-2-12-10-18-8-7-15(12)5-6-16-9-11(14)3-4-13(16)17/h3-4,9,12H,2,5-8,10,14H2,1H3. The van der Waals surface area contributed by atoms with Crippen LogP contribution >= 0.6 is 0 Å². The lowest BCUT2D eigenvalue weighted by atomic mass is 10.2. The second-order valence-corrected chi connectivity index (χ2v) is 4.67.